The molecule has 1 aliphatic rings. The van der Waals surface area contributed by atoms with Crippen molar-refractivity contribution in [2.75, 3.05) is 13.2 Å². The molecule has 0 radical (unpaired) electrons. The third kappa shape index (κ3) is 5.44. The Morgan fingerprint density at radius 2 is 1.94 bits per heavy atom. The van der Waals surface area contributed by atoms with Gasteiger partial charge in [0.25, 0.3) is 5.90 Å². The van der Waals surface area contributed by atoms with E-state index in [-0.39, 0.29) is 11.6 Å². The van der Waals surface area contributed by atoms with E-state index >= 15 is 0 Å². The highest BCUT2D eigenvalue weighted by molar-refractivity contribution is 9.10. The fourth-order valence-corrected chi connectivity index (χ4v) is 3.34. The number of nitrogens with zero attached hydrogens (tertiary/aromatic N) is 1. The number of cyclic esters (lactones) is 1. The second kappa shape index (κ2) is 9.66. The Balaban J connectivity index is 1.41. The monoisotopic (exact) mass is 481 g/mol. The molecule has 0 saturated carbocycles. The summed E-state index contributed by atoms with van der Waals surface area (Å²) in [6.45, 7) is 3.04. The average molecular weight is 482 g/mol. The Morgan fingerprint density at radius 3 is 2.74 bits per heavy atom. The van der Waals surface area contributed by atoms with Gasteiger partial charge in [-0.2, -0.15) is 0 Å². The predicted molar refractivity (Wildman–Crippen MR) is 120 cm³/mol. The SMILES string of the molecule is Cc1cccc(OCCCOc2ccc(Br)cc2C=C2N=C(c3ccco3)OC2=O)c1. The third-order valence-electron chi connectivity index (χ3n) is 4.42. The lowest BCUT2D eigenvalue weighted by molar-refractivity contribution is -0.130. The van der Waals surface area contributed by atoms with Crippen molar-refractivity contribution >= 4 is 33.9 Å². The Kier molecular flexibility index (Phi) is 6.52. The van der Waals surface area contributed by atoms with Gasteiger partial charge in [0.05, 0.1) is 19.5 Å². The summed E-state index contributed by atoms with van der Waals surface area (Å²) in [5.74, 6) is 1.49. The first-order valence-electron chi connectivity index (χ1n) is 9.77. The summed E-state index contributed by atoms with van der Waals surface area (Å²) in [7, 11) is 0. The number of hydrogen-bond donors (Lipinski definition) is 0. The van der Waals surface area contributed by atoms with Crippen molar-refractivity contribution in [3.8, 4) is 11.5 Å². The Morgan fingerprint density at radius 1 is 1.06 bits per heavy atom. The summed E-state index contributed by atoms with van der Waals surface area (Å²) in [4.78, 5) is 16.5. The summed E-state index contributed by atoms with van der Waals surface area (Å²) in [6, 6.07) is 16.9. The summed E-state index contributed by atoms with van der Waals surface area (Å²) in [6.07, 6.45) is 3.85. The summed E-state index contributed by atoms with van der Waals surface area (Å²) in [5.41, 5.74) is 2.05. The van der Waals surface area contributed by atoms with Gasteiger partial charge in [-0.3, -0.25) is 0 Å². The molecule has 31 heavy (non-hydrogen) atoms. The van der Waals surface area contributed by atoms with Crippen LogP contribution >= 0.6 is 15.9 Å². The van der Waals surface area contributed by atoms with Gasteiger partial charge in [-0.15, -0.1) is 0 Å². The van der Waals surface area contributed by atoms with Crippen molar-refractivity contribution in [1.82, 2.24) is 0 Å². The van der Waals surface area contributed by atoms with Crippen LogP contribution in [0.4, 0.5) is 0 Å². The Labute approximate surface area is 188 Å². The van der Waals surface area contributed by atoms with Crippen LogP contribution < -0.4 is 9.47 Å². The smallest absolute Gasteiger partial charge is 0.363 e. The number of carbonyl (C=O) groups is 1. The third-order valence-corrected chi connectivity index (χ3v) is 4.91. The normalized spacial score (nSPS) is 14.5. The van der Waals surface area contributed by atoms with Gasteiger partial charge in [-0.05, 0) is 61.0 Å². The zero-order chi connectivity index (χ0) is 21.6. The van der Waals surface area contributed by atoms with Crippen molar-refractivity contribution in [3.05, 3.63) is 87.9 Å². The Bertz CT molecular complexity index is 1130. The lowest BCUT2D eigenvalue weighted by Crippen LogP contribution is -2.06. The number of furan rings is 1. The molecule has 0 N–H and O–H groups in total. The molecule has 158 valence electrons. The van der Waals surface area contributed by atoms with E-state index in [4.69, 9.17) is 18.6 Å². The second-order valence-electron chi connectivity index (χ2n) is 6.86. The number of benzene rings is 2. The fraction of sp³-hybridized carbons (Fsp3) is 0.167. The highest BCUT2D eigenvalue weighted by Gasteiger charge is 2.26. The zero-order valence-electron chi connectivity index (χ0n) is 16.8. The molecule has 0 amide bonds. The molecule has 0 saturated heterocycles. The number of ether oxygens (including phenoxy) is 3. The highest BCUT2D eigenvalue weighted by Crippen LogP contribution is 2.28. The first kappa shape index (κ1) is 20.9. The standard InChI is InChI=1S/C24H20BrNO5/c1-16-5-2-6-19(13-16)28-11-4-12-29-21-9-8-18(25)14-17(21)15-20-24(27)31-23(26-20)22-7-3-10-30-22/h2-3,5-10,13-15H,4,11-12H2,1H3. The van der Waals surface area contributed by atoms with Crippen LogP contribution in [0.15, 0.2) is 80.4 Å². The maximum absolute atomic E-state index is 12.2. The van der Waals surface area contributed by atoms with Crippen molar-refractivity contribution in [2.24, 2.45) is 4.99 Å². The Hall–Kier alpha value is -3.32. The predicted octanol–water partition coefficient (Wildman–Crippen LogP) is 5.54. The highest BCUT2D eigenvalue weighted by atomic mass is 79.9. The quantitative estimate of drug-likeness (QED) is 0.240. The summed E-state index contributed by atoms with van der Waals surface area (Å²) >= 11 is 3.46. The number of carbonyl (C=O) groups excluding carboxylic acids is 1. The van der Waals surface area contributed by atoms with Crippen LogP contribution in [0.5, 0.6) is 11.5 Å². The van der Waals surface area contributed by atoms with Crippen LogP contribution in [0.1, 0.15) is 23.3 Å². The zero-order valence-corrected chi connectivity index (χ0v) is 18.4. The van der Waals surface area contributed by atoms with E-state index in [0.29, 0.717) is 36.7 Å². The summed E-state index contributed by atoms with van der Waals surface area (Å²) in [5, 5.41) is 0. The van der Waals surface area contributed by atoms with Crippen LogP contribution in [0.3, 0.4) is 0 Å². The minimum atomic E-state index is -0.538. The molecule has 2 aromatic carbocycles. The lowest BCUT2D eigenvalue weighted by atomic mass is 10.1. The van der Waals surface area contributed by atoms with Crippen LogP contribution in [-0.4, -0.2) is 25.1 Å². The van der Waals surface area contributed by atoms with Crippen molar-refractivity contribution < 1.29 is 23.4 Å². The second-order valence-corrected chi connectivity index (χ2v) is 7.78. The first-order chi connectivity index (χ1) is 15.1. The maximum atomic E-state index is 12.2. The minimum Gasteiger partial charge on any atom is -0.493 e. The maximum Gasteiger partial charge on any atom is 0.363 e. The van der Waals surface area contributed by atoms with Gasteiger partial charge in [0.15, 0.2) is 11.5 Å². The van der Waals surface area contributed by atoms with Crippen LogP contribution in [-0.2, 0) is 9.53 Å². The summed E-state index contributed by atoms with van der Waals surface area (Å²) < 4.78 is 23.0. The van der Waals surface area contributed by atoms with Gasteiger partial charge in [0.1, 0.15) is 11.5 Å². The molecule has 0 bridgehead atoms. The number of aryl methyl sites for hydroxylation is 1. The van der Waals surface area contributed by atoms with Gasteiger partial charge in [-0.25, -0.2) is 9.79 Å². The molecule has 0 spiro atoms. The molecule has 0 aliphatic carbocycles. The van der Waals surface area contributed by atoms with Gasteiger partial charge < -0.3 is 18.6 Å². The first-order valence-corrected chi connectivity index (χ1v) is 10.6. The fourth-order valence-electron chi connectivity index (χ4n) is 2.96. The topological polar surface area (TPSA) is 70.3 Å². The van der Waals surface area contributed by atoms with E-state index in [9.17, 15) is 4.79 Å². The van der Waals surface area contributed by atoms with E-state index < -0.39 is 5.97 Å². The molecular formula is C24H20BrNO5. The van der Waals surface area contributed by atoms with Gasteiger partial charge >= 0.3 is 5.97 Å². The lowest BCUT2D eigenvalue weighted by Gasteiger charge is -2.11. The molecule has 1 aliphatic heterocycles. The van der Waals surface area contributed by atoms with Gasteiger partial charge in [0.2, 0.25) is 0 Å². The van der Waals surface area contributed by atoms with Crippen molar-refractivity contribution in [1.29, 1.82) is 0 Å². The molecule has 2 heterocycles. The molecule has 4 rings (SSSR count). The number of rotatable bonds is 8. The van der Waals surface area contributed by atoms with Crippen LogP contribution in [0.2, 0.25) is 0 Å². The van der Waals surface area contributed by atoms with E-state index in [2.05, 4.69) is 20.9 Å². The molecule has 1 aromatic heterocycles. The van der Waals surface area contributed by atoms with Crippen molar-refractivity contribution in [3.63, 3.8) is 0 Å². The minimum absolute atomic E-state index is 0.145. The van der Waals surface area contributed by atoms with E-state index in [0.717, 1.165) is 15.8 Å². The molecular weight excluding hydrogens is 462 g/mol. The average Bonchev–Trinajstić information content (AvgIpc) is 3.40. The molecule has 3 aromatic rings. The number of aliphatic imine (C=N–C) groups is 1. The molecule has 0 atom stereocenters. The van der Waals surface area contributed by atoms with Crippen LogP contribution in [0.25, 0.3) is 6.08 Å². The largest absolute Gasteiger partial charge is 0.493 e. The van der Waals surface area contributed by atoms with Crippen LogP contribution in [0, 0.1) is 6.92 Å². The molecule has 0 fully saturated rings. The molecule has 7 heteroatoms. The number of esters is 1. The number of hydrogen-bond acceptors (Lipinski definition) is 6. The van der Waals surface area contributed by atoms with E-state index in [1.165, 1.54) is 6.26 Å². The van der Waals surface area contributed by atoms with Crippen molar-refractivity contribution in [2.45, 2.75) is 13.3 Å². The van der Waals surface area contributed by atoms with E-state index in [1.807, 2.05) is 49.4 Å². The molecule has 6 nitrogen and oxygen atoms in total. The number of halogens is 1. The van der Waals surface area contributed by atoms with Gasteiger partial charge in [-0.1, -0.05) is 28.1 Å². The van der Waals surface area contributed by atoms with Gasteiger partial charge in [0, 0.05) is 16.5 Å². The van der Waals surface area contributed by atoms with E-state index in [1.54, 1.807) is 18.2 Å². The molecule has 0 unspecified atom stereocenters.